The number of rotatable bonds is 5. The van der Waals surface area contributed by atoms with Crippen LogP contribution in [0.5, 0.6) is 5.75 Å². The van der Waals surface area contributed by atoms with Gasteiger partial charge in [0, 0.05) is 43.3 Å². The van der Waals surface area contributed by atoms with E-state index in [2.05, 4.69) is 27.8 Å². The van der Waals surface area contributed by atoms with E-state index in [-0.39, 0.29) is 36.5 Å². The summed E-state index contributed by atoms with van der Waals surface area (Å²) in [5, 5.41) is 10.2. The van der Waals surface area contributed by atoms with E-state index in [1.807, 2.05) is 12.1 Å². The van der Waals surface area contributed by atoms with Crippen molar-refractivity contribution in [2.24, 2.45) is 11.8 Å². The molecule has 0 saturated heterocycles. The van der Waals surface area contributed by atoms with Crippen molar-refractivity contribution in [3.05, 3.63) is 70.3 Å². The number of carbonyl (C=O) groups is 1. The van der Waals surface area contributed by atoms with E-state index < -0.39 is 27.3 Å². The van der Waals surface area contributed by atoms with Crippen molar-refractivity contribution in [2.45, 2.75) is 74.2 Å². The number of halogens is 1. The summed E-state index contributed by atoms with van der Waals surface area (Å²) in [5.74, 6) is 0.658. The number of sulfonamides is 1. The normalized spacial score (nSPS) is 30.5. The minimum Gasteiger partial charge on any atom is -0.490 e. The van der Waals surface area contributed by atoms with Gasteiger partial charge in [0.2, 0.25) is 10.0 Å². The fourth-order valence-corrected chi connectivity index (χ4v) is 9.60. The molecule has 6 rings (SSSR count). The number of hydrogen-bond donors (Lipinski definition) is 2. The predicted octanol–water partition coefficient (Wildman–Crippen LogP) is 5.03. The van der Waals surface area contributed by atoms with E-state index in [1.165, 1.54) is 18.2 Å². The van der Waals surface area contributed by atoms with Crippen LogP contribution in [-0.4, -0.2) is 77.4 Å². The Hall–Kier alpha value is -2.63. The Balaban J connectivity index is 1.39. The summed E-state index contributed by atoms with van der Waals surface area (Å²) < 4.78 is 47.1. The van der Waals surface area contributed by atoms with E-state index in [1.54, 1.807) is 25.3 Å². The van der Waals surface area contributed by atoms with Crippen LogP contribution in [0.1, 0.15) is 66.4 Å². The van der Waals surface area contributed by atoms with E-state index in [0.29, 0.717) is 37.2 Å². The number of allylic oxidation sites excluding steroid dienone is 1. The number of amides is 1. The fraction of sp³-hybridized carbons (Fsp3) is 0.571. The Labute approximate surface area is 277 Å². The van der Waals surface area contributed by atoms with Crippen molar-refractivity contribution >= 4 is 33.2 Å². The first-order valence-electron chi connectivity index (χ1n) is 16.4. The van der Waals surface area contributed by atoms with E-state index >= 15 is 0 Å². The molecule has 2 aliphatic carbocycles. The predicted molar refractivity (Wildman–Crippen MR) is 178 cm³/mol. The van der Waals surface area contributed by atoms with Gasteiger partial charge in [-0.05, 0) is 105 Å². The summed E-state index contributed by atoms with van der Waals surface area (Å²) in [5.41, 5.74) is 3.28. The van der Waals surface area contributed by atoms with Crippen molar-refractivity contribution in [1.82, 2.24) is 4.72 Å². The third-order valence-corrected chi connectivity index (χ3v) is 12.5. The number of aliphatic hydroxyl groups excluding tert-OH is 1. The second-order valence-electron chi connectivity index (χ2n) is 13.4. The highest BCUT2D eigenvalue weighted by Crippen LogP contribution is 2.47. The summed E-state index contributed by atoms with van der Waals surface area (Å²) in [7, 11) is -0.943. The Morgan fingerprint density at radius 1 is 1.17 bits per heavy atom. The van der Waals surface area contributed by atoms with Crippen molar-refractivity contribution in [3.63, 3.8) is 0 Å². The molecule has 2 aromatic rings. The first kappa shape index (κ1) is 33.3. The van der Waals surface area contributed by atoms with Crippen LogP contribution >= 0.6 is 11.6 Å². The third kappa shape index (κ3) is 6.83. The van der Waals surface area contributed by atoms with Crippen molar-refractivity contribution < 1.29 is 32.5 Å². The molecule has 0 aromatic heterocycles. The maximum atomic E-state index is 13.6. The monoisotopic (exact) mass is 672 g/mol. The number of methoxy groups -OCH3 is 2. The Morgan fingerprint density at radius 2 is 2.02 bits per heavy atom. The minimum absolute atomic E-state index is 0.00425. The maximum Gasteiger partial charge on any atom is 0.264 e. The fourth-order valence-electron chi connectivity index (χ4n) is 7.94. The molecular formula is C35H45ClN2O7S. The lowest BCUT2D eigenvalue weighted by atomic mass is 9.68. The molecule has 0 unspecified atom stereocenters. The summed E-state index contributed by atoms with van der Waals surface area (Å²) in [6, 6.07) is 11.4. The van der Waals surface area contributed by atoms with Gasteiger partial charge in [-0.15, -0.1) is 0 Å². The van der Waals surface area contributed by atoms with Gasteiger partial charge in [-0.2, -0.15) is 0 Å². The molecule has 1 saturated carbocycles. The largest absolute Gasteiger partial charge is 0.490 e. The zero-order valence-electron chi connectivity index (χ0n) is 26.6. The van der Waals surface area contributed by atoms with Crippen LogP contribution in [0.25, 0.3) is 0 Å². The minimum atomic E-state index is -4.13. The topological polar surface area (TPSA) is 114 Å². The van der Waals surface area contributed by atoms with Crippen LogP contribution in [0.2, 0.25) is 5.02 Å². The average Bonchev–Trinajstić information content (AvgIpc) is 3.16. The number of benzene rings is 2. The molecule has 2 heterocycles. The first-order valence-corrected chi connectivity index (χ1v) is 18.3. The number of ether oxygens (including phenoxy) is 3. The molecule has 2 bridgehead atoms. The van der Waals surface area contributed by atoms with Crippen LogP contribution in [0, 0.1) is 11.8 Å². The molecule has 250 valence electrons. The molecule has 6 atom stereocenters. The van der Waals surface area contributed by atoms with Gasteiger partial charge in [-0.3, -0.25) is 4.79 Å². The lowest BCUT2D eigenvalue weighted by molar-refractivity contribution is 0.0131. The molecule has 2 N–H and O–H groups in total. The number of nitrogens with zero attached hydrogens (tertiary/aromatic N) is 1. The van der Waals surface area contributed by atoms with Crippen molar-refractivity contribution in [2.75, 3.05) is 45.4 Å². The lowest BCUT2D eigenvalue weighted by Crippen LogP contribution is -2.49. The number of aryl methyl sites for hydroxylation is 1. The maximum absolute atomic E-state index is 13.6. The van der Waals surface area contributed by atoms with Crippen LogP contribution in [0.3, 0.4) is 0 Å². The third-order valence-electron chi connectivity index (χ3n) is 10.5. The molecule has 0 radical (unpaired) electrons. The highest BCUT2D eigenvalue weighted by atomic mass is 35.5. The van der Waals surface area contributed by atoms with Gasteiger partial charge >= 0.3 is 0 Å². The second kappa shape index (κ2) is 13.8. The van der Waals surface area contributed by atoms with Gasteiger partial charge in [0.1, 0.15) is 5.75 Å². The average molecular weight is 673 g/mol. The first-order chi connectivity index (χ1) is 22.1. The molecule has 1 spiro atoms. The standard InChI is InChI=1S/C35H45ClN2O7S/c1-43-20-27(39)18-28-7-3-4-8-32(44-2)29-12-9-25(29)19-38-21-35(15-5-6-23-16-26(36)11-13-30(23)35)22-45-33-14-10-24(17-31(33)38)34(40)37-46(28,41)42/h4,8,10-11,13-14,16-17,25,27-29,32,39H,3,5-7,9,12,15,18-22H2,1-2H3,(H,37,40)/b8-4-/t25-,27+,28-,29+,32-,35-/m0/s1. The van der Waals surface area contributed by atoms with Crippen LogP contribution < -0.4 is 14.4 Å². The van der Waals surface area contributed by atoms with Gasteiger partial charge in [0.15, 0.2) is 0 Å². The molecule has 9 nitrogen and oxygen atoms in total. The van der Waals surface area contributed by atoms with E-state index in [9.17, 15) is 18.3 Å². The summed E-state index contributed by atoms with van der Waals surface area (Å²) in [4.78, 5) is 15.9. The molecule has 4 aliphatic rings. The Kier molecular flexibility index (Phi) is 10.0. The molecule has 11 heteroatoms. The van der Waals surface area contributed by atoms with Gasteiger partial charge < -0.3 is 24.2 Å². The van der Waals surface area contributed by atoms with Crippen molar-refractivity contribution in [1.29, 1.82) is 0 Å². The van der Waals surface area contributed by atoms with Gasteiger partial charge in [0.05, 0.1) is 36.4 Å². The Morgan fingerprint density at radius 3 is 2.78 bits per heavy atom. The number of hydrogen-bond acceptors (Lipinski definition) is 8. The quantitative estimate of drug-likeness (QED) is 0.426. The van der Waals surface area contributed by atoms with Gasteiger partial charge in [-0.25, -0.2) is 13.1 Å². The SMILES string of the molecule is COC[C@H](O)C[C@@H]1CC/C=C\[C@H](OC)[C@@H]2CC[C@H]2CN2C[C@@]3(CCCc4cc(Cl)ccc43)COc3ccc(cc32)C(=O)NS1(=O)=O. The number of anilines is 1. The van der Waals surface area contributed by atoms with E-state index in [0.717, 1.165) is 49.4 Å². The molecule has 46 heavy (non-hydrogen) atoms. The van der Waals surface area contributed by atoms with Crippen LogP contribution in [0.15, 0.2) is 48.6 Å². The number of aliphatic hydroxyl groups is 1. The zero-order valence-corrected chi connectivity index (χ0v) is 28.2. The Bertz CT molecular complexity index is 1570. The lowest BCUT2D eigenvalue weighted by Gasteiger charge is -2.46. The molecule has 2 aliphatic heterocycles. The van der Waals surface area contributed by atoms with Gasteiger partial charge in [0.25, 0.3) is 5.91 Å². The summed E-state index contributed by atoms with van der Waals surface area (Å²) in [6.07, 6.45) is 8.67. The second-order valence-corrected chi connectivity index (χ2v) is 15.8. The smallest absolute Gasteiger partial charge is 0.264 e. The van der Waals surface area contributed by atoms with Crippen LogP contribution in [-0.2, 0) is 31.3 Å². The highest BCUT2D eigenvalue weighted by Gasteiger charge is 2.44. The molecular weight excluding hydrogens is 628 g/mol. The van der Waals surface area contributed by atoms with Crippen molar-refractivity contribution in [3.8, 4) is 5.75 Å². The summed E-state index contributed by atoms with van der Waals surface area (Å²) >= 11 is 6.42. The molecule has 2 aromatic carbocycles. The van der Waals surface area contributed by atoms with E-state index in [4.69, 9.17) is 25.8 Å². The summed E-state index contributed by atoms with van der Waals surface area (Å²) in [6.45, 7) is 1.97. The molecule has 1 fully saturated rings. The van der Waals surface area contributed by atoms with Crippen LogP contribution in [0.4, 0.5) is 5.69 Å². The highest BCUT2D eigenvalue weighted by molar-refractivity contribution is 7.90. The zero-order chi connectivity index (χ0) is 32.5. The van der Waals surface area contributed by atoms with Gasteiger partial charge in [-0.1, -0.05) is 29.8 Å². The number of nitrogens with one attached hydrogen (secondary N) is 1. The molecule has 1 amide bonds. The number of fused-ring (bicyclic) bond motifs is 4. The number of carbonyl (C=O) groups excluding carboxylic acids is 1.